The molecule has 0 amide bonds. The van der Waals surface area contributed by atoms with E-state index in [4.69, 9.17) is 5.41 Å². The zero-order chi connectivity index (χ0) is 21.5. The Morgan fingerprint density at radius 2 is 1.84 bits per heavy atom. The van der Waals surface area contributed by atoms with E-state index in [2.05, 4.69) is 34.6 Å². The first kappa shape index (κ1) is 19.2. The lowest BCUT2D eigenvalue weighted by molar-refractivity contribution is 0.475. The molecule has 0 unspecified atom stereocenters. The molecule has 1 saturated carbocycles. The van der Waals surface area contributed by atoms with Crippen LogP contribution in [-0.2, 0) is 0 Å². The van der Waals surface area contributed by atoms with E-state index < -0.39 is 0 Å². The molecule has 5 heteroatoms. The van der Waals surface area contributed by atoms with Gasteiger partial charge in [0.15, 0.2) is 0 Å². The molecule has 4 aromatic rings. The molecule has 31 heavy (non-hydrogen) atoms. The molecule has 3 aromatic carbocycles. The monoisotopic (exact) mass is 408 g/mol. The second-order valence-electron chi connectivity index (χ2n) is 8.26. The van der Waals surface area contributed by atoms with Crippen LogP contribution in [0.1, 0.15) is 29.5 Å². The lowest BCUT2D eigenvalue weighted by Gasteiger charge is -2.15. The van der Waals surface area contributed by atoms with Gasteiger partial charge in [-0.3, -0.25) is 5.41 Å². The summed E-state index contributed by atoms with van der Waals surface area (Å²) in [4.78, 5) is 0. The SMILES string of the molecule is Cc1ccccc1-c1nncc2cc(-c3c(C)ccc(C(=N)NC4CC4)c3O)ccc12. The van der Waals surface area contributed by atoms with Gasteiger partial charge in [0.25, 0.3) is 0 Å². The molecular weight excluding hydrogens is 384 g/mol. The standard InChI is InChI=1S/C26H24N4O/c1-15-5-3-4-6-20(15)24-21-12-8-17(13-18(21)14-28-30-24)23-16(2)7-11-22(25(23)31)26(27)29-19-9-10-19/h3-8,11-14,19,31H,9-10H2,1-2H3,(H2,27,29). The van der Waals surface area contributed by atoms with Crippen LogP contribution >= 0.6 is 0 Å². The molecule has 0 aliphatic heterocycles. The van der Waals surface area contributed by atoms with Gasteiger partial charge in [0.2, 0.25) is 0 Å². The molecule has 1 fully saturated rings. The Balaban J connectivity index is 1.62. The van der Waals surface area contributed by atoms with Gasteiger partial charge in [-0.2, -0.15) is 5.10 Å². The first-order valence-electron chi connectivity index (χ1n) is 10.5. The van der Waals surface area contributed by atoms with Crippen molar-refractivity contribution >= 4 is 16.6 Å². The second-order valence-corrected chi connectivity index (χ2v) is 8.26. The zero-order valence-electron chi connectivity index (χ0n) is 17.6. The quantitative estimate of drug-likeness (QED) is 0.313. The normalized spacial score (nSPS) is 13.4. The number of amidine groups is 1. The van der Waals surface area contributed by atoms with Crippen LogP contribution in [0.4, 0.5) is 0 Å². The number of nitrogens with one attached hydrogen (secondary N) is 2. The van der Waals surface area contributed by atoms with E-state index in [0.717, 1.165) is 57.1 Å². The van der Waals surface area contributed by atoms with Crippen molar-refractivity contribution < 1.29 is 5.11 Å². The molecular formula is C26H24N4O. The minimum Gasteiger partial charge on any atom is -0.507 e. The van der Waals surface area contributed by atoms with Crippen molar-refractivity contribution in [3.8, 4) is 28.1 Å². The van der Waals surface area contributed by atoms with Crippen LogP contribution < -0.4 is 5.32 Å². The Hall–Kier alpha value is -3.73. The van der Waals surface area contributed by atoms with Crippen molar-refractivity contribution in [3.63, 3.8) is 0 Å². The molecule has 0 spiro atoms. The molecule has 5 nitrogen and oxygen atoms in total. The maximum absolute atomic E-state index is 11.1. The maximum atomic E-state index is 11.1. The second kappa shape index (κ2) is 7.51. The van der Waals surface area contributed by atoms with Crippen LogP contribution in [0.5, 0.6) is 5.75 Å². The molecule has 1 aliphatic rings. The van der Waals surface area contributed by atoms with E-state index in [1.165, 1.54) is 0 Å². The minimum atomic E-state index is 0.138. The molecule has 1 aliphatic carbocycles. The Bertz CT molecular complexity index is 1320. The number of hydrogen-bond acceptors (Lipinski definition) is 4. The third-order valence-corrected chi connectivity index (χ3v) is 5.93. The van der Waals surface area contributed by atoms with Crippen LogP contribution in [0.25, 0.3) is 33.2 Å². The summed E-state index contributed by atoms with van der Waals surface area (Å²) < 4.78 is 0. The van der Waals surface area contributed by atoms with Crippen LogP contribution in [0.15, 0.2) is 60.8 Å². The fourth-order valence-electron chi connectivity index (χ4n) is 4.05. The van der Waals surface area contributed by atoms with Crippen molar-refractivity contribution in [1.82, 2.24) is 15.5 Å². The summed E-state index contributed by atoms with van der Waals surface area (Å²) >= 11 is 0. The van der Waals surface area contributed by atoms with E-state index in [0.29, 0.717) is 11.6 Å². The van der Waals surface area contributed by atoms with E-state index >= 15 is 0 Å². The average molecular weight is 409 g/mol. The largest absolute Gasteiger partial charge is 0.507 e. The number of benzene rings is 3. The predicted molar refractivity (Wildman–Crippen MR) is 125 cm³/mol. The average Bonchev–Trinajstić information content (AvgIpc) is 3.57. The zero-order valence-corrected chi connectivity index (χ0v) is 17.6. The fourth-order valence-corrected chi connectivity index (χ4v) is 4.05. The summed E-state index contributed by atoms with van der Waals surface area (Å²) in [6.45, 7) is 4.05. The first-order chi connectivity index (χ1) is 15.0. The number of fused-ring (bicyclic) bond motifs is 1. The van der Waals surface area contributed by atoms with Gasteiger partial charge < -0.3 is 10.4 Å². The third-order valence-electron chi connectivity index (χ3n) is 5.93. The van der Waals surface area contributed by atoms with E-state index in [1.807, 2.05) is 49.4 Å². The van der Waals surface area contributed by atoms with Gasteiger partial charge in [0.1, 0.15) is 17.3 Å². The van der Waals surface area contributed by atoms with Gasteiger partial charge in [0.05, 0.1) is 11.8 Å². The van der Waals surface area contributed by atoms with Crippen molar-refractivity contribution in [2.45, 2.75) is 32.7 Å². The molecule has 0 saturated heterocycles. The molecule has 5 rings (SSSR count). The van der Waals surface area contributed by atoms with Crippen LogP contribution in [0.2, 0.25) is 0 Å². The van der Waals surface area contributed by atoms with Crippen molar-refractivity contribution in [1.29, 1.82) is 5.41 Å². The van der Waals surface area contributed by atoms with Crippen LogP contribution in [0.3, 0.4) is 0 Å². The molecule has 0 bridgehead atoms. The lowest BCUT2D eigenvalue weighted by atomic mass is 9.93. The number of nitrogens with zero attached hydrogens (tertiary/aromatic N) is 2. The molecule has 154 valence electrons. The summed E-state index contributed by atoms with van der Waals surface area (Å²) in [6, 6.07) is 18.4. The summed E-state index contributed by atoms with van der Waals surface area (Å²) in [6.07, 6.45) is 3.92. The molecule has 3 N–H and O–H groups in total. The number of aromatic nitrogens is 2. The number of hydrogen-bond donors (Lipinski definition) is 3. The number of phenolic OH excluding ortho intramolecular Hbond substituents is 1. The third kappa shape index (κ3) is 3.52. The van der Waals surface area contributed by atoms with E-state index in [1.54, 1.807) is 6.20 Å². The topological polar surface area (TPSA) is 81.9 Å². The lowest BCUT2D eigenvalue weighted by Crippen LogP contribution is -2.25. The number of phenols is 1. The van der Waals surface area contributed by atoms with E-state index in [9.17, 15) is 5.11 Å². The molecule has 1 aromatic heterocycles. The van der Waals surface area contributed by atoms with Crippen LogP contribution in [0, 0.1) is 19.3 Å². The van der Waals surface area contributed by atoms with Gasteiger partial charge in [-0.05, 0) is 55.5 Å². The summed E-state index contributed by atoms with van der Waals surface area (Å²) in [7, 11) is 0. The number of rotatable bonds is 4. The van der Waals surface area contributed by atoms with Gasteiger partial charge >= 0.3 is 0 Å². The molecule has 1 heterocycles. The fraction of sp³-hybridized carbons (Fsp3) is 0.192. The summed E-state index contributed by atoms with van der Waals surface area (Å²) in [5.41, 5.74) is 6.20. The van der Waals surface area contributed by atoms with Crippen molar-refractivity contribution in [2.24, 2.45) is 0 Å². The van der Waals surface area contributed by atoms with Gasteiger partial charge in [-0.15, -0.1) is 5.10 Å². The molecule has 0 atom stereocenters. The maximum Gasteiger partial charge on any atom is 0.134 e. The Kier molecular flexibility index (Phi) is 4.66. The van der Waals surface area contributed by atoms with Gasteiger partial charge in [-0.25, -0.2) is 0 Å². The van der Waals surface area contributed by atoms with Gasteiger partial charge in [0, 0.05) is 27.9 Å². The van der Waals surface area contributed by atoms with E-state index in [-0.39, 0.29) is 11.6 Å². The highest BCUT2D eigenvalue weighted by atomic mass is 16.3. The van der Waals surface area contributed by atoms with Crippen molar-refractivity contribution in [2.75, 3.05) is 0 Å². The predicted octanol–water partition coefficient (Wildman–Crippen LogP) is 5.36. The summed E-state index contributed by atoms with van der Waals surface area (Å²) in [5.74, 6) is 0.411. The Morgan fingerprint density at radius 3 is 2.61 bits per heavy atom. The Labute approximate surface area is 181 Å². The summed E-state index contributed by atoms with van der Waals surface area (Å²) in [5, 5.41) is 33.2. The Morgan fingerprint density at radius 1 is 1.03 bits per heavy atom. The highest BCUT2D eigenvalue weighted by Gasteiger charge is 2.24. The van der Waals surface area contributed by atoms with Gasteiger partial charge in [-0.1, -0.05) is 42.5 Å². The highest BCUT2D eigenvalue weighted by molar-refractivity contribution is 6.03. The number of aryl methyl sites for hydroxylation is 2. The first-order valence-corrected chi connectivity index (χ1v) is 10.5. The van der Waals surface area contributed by atoms with Crippen molar-refractivity contribution in [3.05, 3.63) is 77.5 Å². The smallest absolute Gasteiger partial charge is 0.134 e. The van der Waals surface area contributed by atoms with Crippen LogP contribution in [-0.4, -0.2) is 27.2 Å². The molecule has 0 radical (unpaired) electrons. The number of aromatic hydroxyl groups is 1. The minimum absolute atomic E-state index is 0.138. The highest BCUT2D eigenvalue weighted by Crippen LogP contribution is 2.38.